The third-order valence-electron chi connectivity index (χ3n) is 4.49. The van der Waals surface area contributed by atoms with Gasteiger partial charge in [0.1, 0.15) is 11.5 Å². The molecule has 4 rings (SSSR count). The van der Waals surface area contributed by atoms with Crippen molar-refractivity contribution in [1.82, 2.24) is 0 Å². The fraction of sp³-hybridized carbons (Fsp3) is 0. The number of rotatable bonds is 4. The van der Waals surface area contributed by atoms with Gasteiger partial charge in [-0.25, -0.2) is 0 Å². The predicted octanol–water partition coefficient (Wildman–Crippen LogP) is 6.51. The van der Waals surface area contributed by atoms with Crippen LogP contribution in [-0.2, 0) is 0 Å². The van der Waals surface area contributed by atoms with Crippen molar-refractivity contribution in [3.63, 3.8) is 0 Å². The van der Waals surface area contributed by atoms with Crippen LogP contribution >= 0.6 is 15.9 Å². The Morgan fingerprint density at radius 3 is 2.14 bits per heavy atom. The first kappa shape index (κ1) is 18.9. The molecule has 142 valence electrons. The molecule has 0 heterocycles. The molecule has 0 unspecified atom stereocenters. The third-order valence-corrected chi connectivity index (χ3v) is 4.99. The Kier molecular flexibility index (Phi) is 5.40. The van der Waals surface area contributed by atoms with Crippen molar-refractivity contribution in [2.24, 2.45) is 9.98 Å². The maximum atomic E-state index is 10.3. The van der Waals surface area contributed by atoms with Crippen molar-refractivity contribution in [2.45, 2.75) is 0 Å². The maximum Gasteiger partial charge on any atom is 0.124 e. The summed E-state index contributed by atoms with van der Waals surface area (Å²) in [6, 6.07) is 24.0. The van der Waals surface area contributed by atoms with Crippen molar-refractivity contribution in [3.05, 3.63) is 94.5 Å². The van der Waals surface area contributed by atoms with Crippen LogP contribution in [-0.4, -0.2) is 22.6 Å². The van der Waals surface area contributed by atoms with E-state index in [4.69, 9.17) is 0 Å². The first-order chi connectivity index (χ1) is 14.1. The molecule has 0 saturated carbocycles. The number of phenolic OH excluding ortho intramolecular Hbond substituents is 2. The number of halogens is 1. The average molecular weight is 445 g/mol. The van der Waals surface area contributed by atoms with Gasteiger partial charge in [0, 0.05) is 28.0 Å². The van der Waals surface area contributed by atoms with Gasteiger partial charge in [-0.05, 0) is 47.2 Å². The molecule has 0 spiro atoms. The highest BCUT2D eigenvalue weighted by molar-refractivity contribution is 9.10. The number of hydrogen-bond acceptors (Lipinski definition) is 4. The van der Waals surface area contributed by atoms with Crippen LogP contribution in [0.25, 0.3) is 10.8 Å². The van der Waals surface area contributed by atoms with Gasteiger partial charge in [0.2, 0.25) is 0 Å². The normalized spacial score (nSPS) is 11.6. The van der Waals surface area contributed by atoms with Crippen molar-refractivity contribution in [1.29, 1.82) is 0 Å². The Bertz CT molecular complexity index is 1250. The van der Waals surface area contributed by atoms with Gasteiger partial charge in [-0.1, -0.05) is 58.4 Å². The van der Waals surface area contributed by atoms with Gasteiger partial charge in [0.25, 0.3) is 0 Å². The van der Waals surface area contributed by atoms with E-state index in [1.54, 1.807) is 36.7 Å². The molecule has 2 N–H and O–H groups in total. The summed E-state index contributed by atoms with van der Waals surface area (Å²) in [7, 11) is 0. The number of aliphatic imine (C=N–C) groups is 2. The number of benzene rings is 4. The number of nitrogens with zero attached hydrogens (tertiary/aromatic N) is 2. The summed E-state index contributed by atoms with van der Waals surface area (Å²) in [4.78, 5) is 9.06. The highest BCUT2D eigenvalue weighted by atomic mass is 79.9. The molecule has 5 heteroatoms. The minimum atomic E-state index is 0.151. The molecule has 0 radical (unpaired) electrons. The minimum absolute atomic E-state index is 0.151. The summed E-state index contributed by atoms with van der Waals surface area (Å²) in [6.45, 7) is 0. The summed E-state index contributed by atoms with van der Waals surface area (Å²) in [6.07, 6.45) is 3.26. The fourth-order valence-corrected chi connectivity index (χ4v) is 3.38. The number of para-hydroxylation sites is 2. The molecule has 0 aromatic heterocycles. The van der Waals surface area contributed by atoms with Gasteiger partial charge in [0.05, 0.1) is 11.4 Å². The topological polar surface area (TPSA) is 65.2 Å². The summed E-state index contributed by atoms with van der Waals surface area (Å²) in [5.74, 6) is 0.325. The second-order valence-corrected chi connectivity index (χ2v) is 7.34. The molecular weight excluding hydrogens is 428 g/mol. The van der Waals surface area contributed by atoms with Crippen LogP contribution in [0.5, 0.6) is 11.5 Å². The molecule has 4 nitrogen and oxygen atoms in total. The van der Waals surface area contributed by atoms with E-state index in [-0.39, 0.29) is 11.5 Å². The quantitative estimate of drug-likeness (QED) is 0.352. The fourth-order valence-electron chi connectivity index (χ4n) is 3.00. The van der Waals surface area contributed by atoms with E-state index >= 15 is 0 Å². The predicted molar refractivity (Wildman–Crippen MR) is 122 cm³/mol. The Morgan fingerprint density at radius 1 is 0.690 bits per heavy atom. The number of aromatic hydroxyl groups is 2. The molecule has 0 atom stereocenters. The SMILES string of the molecule is Oc1ccc(Br)cc1C=Nc1ccccc1N=Cc1c(O)ccc2ccccc12. The van der Waals surface area contributed by atoms with Crippen LogP contribution in [0.4, 0.5) is 11.4 Å². The molecule has 0 aliphatic carbocycles. The maximum absolute atomic E-state index is 10.3. The Hall–Kier alpha value is -3.44. The van der Waals surface area contributed by atoms with E-state index in [2.05, 4.69) is 25.9 Å². The second-order valence-electron chi connectivity index (χ2n) is 6.43. The molecule has 0 bridgehead atoms. The Labute approximate surface area is 176 Å². The zero-order chi connectivity index (χ0) is 20.2. The van der Waals surface area contributed by atoms with Crippen LogP contribution in [0, 0.1) is 0 Å². The summed E-state index contributed by atoms with van der Waals surface area (Å²) >= 11 is 3.39. The van der Waals surface area contributed by atoms with Crippen molar-refractivity contribution in [3.8, 4) is 11.5 Å². The van der Waals surface area contributed by atoms with Crippen LogP contribution in [0.3, 0.4) is 0 Å². The minimum Gasteiger partial charge on any atom is -0.507 e. The number of phenols is 2. The van der Waals surface area contributed by atoms with Crippen LogP contribution in [0.15, 0.2) is 93.3 Å². The molecule has 0 fully saturated rings. The van der Waals surface area contributed by atoms with Gasteiger partial charge >= 0.3 is 0 Å². The van der Waals surface area contributed by atoms with E-state index < -0.39 is 0 Å². The zero-order valence-corrected chi connectivity index (χ0v) is 16.9. The van der Waals surface area contributed by atoms with E-state index in [9.17, 15) is 10.2 Å². The van der Waals surface area contributed by atoms with Crippen molar-refractivity contribution in [2.75, 3.05) is 0 Å². The molecule has 0 saturated heterocycles. The van der Waals surface area contributed by atoms with E-state index in [1.165, 1.54) is 0 Å². The second kappa shape index (κ2) is 8.29. The molecule has 4 aromatic carbocycles. The van der Waals surface area contributed by atoms with Crippen LogP contribution in [0.2, 0.25) is 0 Å². The number of fused-ring (bicyclic) bond motifs is 1. The molecule has 4 aromatic rings. The van der Waals surface area contributed by atoms with Gasteiger partial charge in [0.15, 0.2) is 0 Å². The molecule has 29 heavy (non-hydrogen) atoms. The smallest absolute Gasteiger partial charge is 0.124 e. The van der Waals surface area contributed by atoms with Gasteiger partial charge in [-0.2, -0.15) is 0 Å². The third kappa shape index (κ3) is 4.20. The summed E-state index contributed by atoms with van der Waals surface area (Å²) < 4.78 is 0.856. The Balaban J connectivity index is 1.70. The highest BCUT2D eigenvalue weighted by Crippen LogP contribution is 2.30. The summed E-state index contributed by atoms with van der Waals surface area (Å²) in [5.41, 5.74) is 2.57. The van der Waals surface area contributed by atoms with Gasteiger partial charge in [-0.15, -0.1) is 0 Å². The van der Waals surface area contributed by atoms with Crippen molar-refractivity contribution < 1.29 is 10.2 Å². The van der Waals surface area contributed by atoms with Crippen LogP contribution in [0.1, 0.15) is 11.1 Å². The standard InChI is InChI=1S/C24H17BrN2O2/c25-18-10-12-23(28)17(13-18)14-26-21-7-3-4-8-22(21)27-15-20-19-6-2-1-5-16(19)9-11-24(20)29/h1-15,28-29H. The van der Waals surface area contributed by atoms with Gasteiger partial charge < -0.3 is 10.2 Å². The molecule has 0 aliphatic rings. The highest BCUT2D eigenvalue weighted by Gasteiger charge is 2.05. The van der Waals surface area contributed by atoms with Crippen molar-refractivity contribution >= 4 is 50.5 Å². The molecule has 0 amide bonds. The lowest BCUT2D eigenvalue weighted by Gasteiger charge is -2.05. The lowest BCUT2D eigenvalue weighted by atomic mass is 10.0. The Morgan fingerprint density at radius 2 is 1.34 bits per heavy atom. The van der Waals surface area contributed by atoms with E-state index in [0.717, 1.165) is 15.2 Å². The molecule has 0 aliphatic heterocycles. The number of hydrogen-bond donors (Lipinski definition) is 2. The molecular formula is C24H17BrN2O2. The average Bonchev–Trinajstić information content (AvgIpc) is 2.74. The first-order valence-corrected chi connectivity index (χ1v) is 9.77. The van der Waals surface area contributed by atoms with Crippen LogP contribution < -0.4 is 0 Å². The lowest BCUT2D eigenvalue weighted by molar-refractivity contribution is 0.474. The van der Waals surface area contributed by atoms with E-state index in [1.807, 2.05) is 54.6 Å². The largest absolute Gasteiger partial charge is 0.507 e. The van der Waals surface area contributed by atoms with Gasteiger partial charge in [-0.3, -0.25) is 9.98 Å². The zero-order valence-electron chi connectivity index (χ0n) is 15.3. The lowest BCUT2D eigenvalue weighted by Crippen LogP contribution is -1.86. The first-order valence-electron chi connectivity index (χ1n) is 8.98. The van der Waals surface area contributed by atoms with E-state index in [0.29, 0.717) is 22.5 Å². The summed E-state index contributed by atoms with van der Waals surface area (Å²) in [5, 5.41) is 22.3. The monoisotopic (exact) mass is 444 g/mol.